The Morgan fingerprint density at radius 2 is 1.49 bits per heavy atom. The van der Waals surface area contributed by atoms with Gasteiger partial charge in [-0.25, -0.2) is 4.79 Å². The van der Waals surface area contributed by atoms with E-state index in [0.29, 0.717) is 17.9 Å². The first-order valence-corrected chi connectivity index (χ1v) is 12.5. The van der Waals surface area contributed by atoms with Crippen LogP contribution in [0.15, 0.2) is 120 Å². The Hall–Kier alpha value is -5.30. The van der Waals surface area contributed by atoms with Crippen LogP contribution in [0.3, 0.4) is 0 Å². The van der Waals surface area contributed by atoms with E-state index in [0.717, 1.165) is 33.8 Å². The molecule has 0 spiro atoms. The molecule has 0 atom stereocenters. The molecular formula is C32H25N3O4. The van der Waals surface area contributed by atoms with Crippen LogP contribution in [0.5, 0.6) is 0 Å². The highest BCUT2D eigenvalue weighted by Gasteiger charge is 2.19. The maximum atomic E-state index is 12.3. The highest BCUT2D eigenvalue weighted by Crippen LogP contribution is 2.36. The lowest BCUT2D eigenvalue weighted by Crippen LogP contribution is -2.05. The maximum Gasteiger partial charge on any atom is 0.338 e. The van der Waals surface area contributed by atoms with Crippen LogP contribution in [0.25, 0.3) is 28.2 Å². The summed E-state index contributed by atoms with van der Waals surface area (Å²) in [4.78, 5) is 27.5. The maximum absolute atomic E-state index is 12.3. The van der Waals surface area contributed by atoms with Crippen LogP contribution >= 0.6 is 0 Å². The first kappa shape index (κ1) is 25.4. The fraction of sp³-hybridized carbons (Fsp3) is 0.0625. The predicted octanol–water partition coefficient (Wildman–Crippen LogP) is 7.65. The number of ether oxygens (including phenoxy) is 1. The van der Waals surface area contributed by atoms with E-state index in [1.807, 2.05) is 72.8 Å². The molecule has 0 radical (unpaired) electrons. The standard InChI is InChI=1S/C32H25N3O4/c1-2-39-32(36)25-13-17-28(18-14-25)34-30(23-9-5-3-6-10-23)21-26(31(34)24-11-7-4-8-12-24)22-33-27-15-19-29(20-16-27)35(37)38/h3-22H,2H2,1H3. The summed E-state index contributed by atoms with van der Waals surface area (Å²) in [7, 11) is 0. The van der Waals surface area contributed by atoms with Crippen molar-refractivity contribution in [2.24, 2.45) is 4.99 Å². The Labute approximate surface area is 225 Å². The minimum atomic E-state index is -0.430. The van der Waals surface area contributed by atoms with Gasteiger partial charge in [-0.15, -0.1) is 0 Å². The summed E-state index contributed by atoms with van der Waals surface area (Å²) in [6.07, 6.45) is 1.78. The molecule has 1 heterocycles. The lowest BCUT2D eigenvalue weighted by Gasteiger charge is -2.15. The number of rotatable bonds is 8. The quantitative estimate of drug-likeness (QED) is 0.0919. The number of nitro benzene ring substituents is 1. The zero-order valence-corrected chi connectivity index (χ0v) is 21.2. The molecule has 5 aromatic rings. The molecule has 0 aliphatic heterocycles. The molecule has 0 unspecified atom stereocenters. The first-order valence-electron chi connectivity index (χ1n) is 12.5. The average Bonchev–Trinajstić information content (AvgIpc) is 3.37. The number of non-ortho nitro benzene ring substituents is 1. The molecule has 7 heteroatoms. The van der Waals surface area contributed by atoms with Gasteiger partial charge in [-0.3, -0.25) is 15.1 Å². The van der Waals surface area contributed by atoms with Crippen molar-refractivity contribution in [3.63, 3.8) is 0 Å². The number of nitro groups is 1. The molecule has 7 nitrogen and oxygen atoms in total. The van der Waals surface area contributed by atoms with Gasteiger partial charge in [0.25, 0.3) is 5.69 Å². The van der Waals surface area contributed by atoms with Crippen molar-refractivity contribution >= 4 is 23.6 Å². The summed E-state index contributed by atoms with van der Waals surface area (Å²) in [6.45, 7) is 2.09. The number of hydrogen-bond donors (Lipinski definition) is 0. The summed E-state index contributed by atoms with van der Waals surface area (Å²) < 4.78 is 7.31. The summed E-state index contributed by atoms with van der Waals surface area (Å²) in [5, 5.41) is 11.0. The molecule has 0 amide bonds. The van der Waals surface area contributed by atoms with Gasteiger partial charge in [-0.1, -0.05) is 60.7 Å². The second kappa shape index (κ2) is 11.4. The SMILES string of the molecule is CCOC(=O)c1ccc(-n2c(-c3ccccc3)cc(C=Nc3ccc([N+](=O)[O-])cc3)c2-c2ccccc2)cc1. The lowest BCUT2D eigenvalue weighted by atomic mass is 10.1. The predicted molar refractivity (Wildman–Crippen MR) is 153 cm³/mol. The first-order chi connectivity index (χ1) is 19.0. The zero-order valence-electron chi connectivity index (χ0n) is 21.2. The van der Waals surface area contributed by atoms with E-state index < -0.39 is 4.92 Å². The molecular weight excluding hydrogens is 490 g/mol. The molecule has 0 N–H and O–H groups in total. The van der Waals surface area contributed by atoms with Crippen molar-refractivity contribution in [1.82, 2.24) is 4.57 Å². The lowest BCUT2D eigenvalue weighted by molar-refractivity contribution is -0.384. The number of hydrogen-bond acceptors (Lipinski definition) is 5. The van der Waals surface area contributed by atoms with E-state index in [1.165, 1.54) is 12.1 Å². The number of aliphatic imine (C=N–C) groups is 1. The van der Waals surface area contributed by atoms with E-state index >= 15 is 0 Å². The van der Waals surface area contributed by atoms with Crippen LogP contribution < -0.4 is 0 Å². The monoisotopic (exact) mass is 515 g/mol. The molecule has 0 aliphatic carbocycles. The van der Waals surface area contributed by atoms with Gasteiger partial charge in [-0.2, -0.15) is 0 Å². The van der Waals surface area contributed by atoms with E-state index in [9.17, 15) is 14.9 Å². The van der Waals surface area contributed by atoms with Crippen LogP contribution in [0, 0.1) is 10.1 Å². The summed E-state index contributed by atoms with van der Waals surface area (Å²) in [5.74, 6) is -0.362. The van der Waals surface area contributed by atoms with Gasteiger partial charge >= 0.3 is 5.97 Å². The normalized spacial score (nSPS) is 11.0. The molecule has 39 heavy (non-hydrogen) atoms. The molecule has 192 valence electrons. The van der Waals surface area contributed by atoms with Gasteiger partial charge in [0.15, 0.2) is 0 Å². The van der Waals surface area contributed by atoms with E-state index in [-0.39, 0.29) is 11.7 Å². The second-order valence-corrected chi connectivity index (χ2v) is 8.70. The van der Waals surface area contributed by atoms with Crippen LogP contribution in [-0.2, 0) is 4.74 Å². The number of nitrogens with zero attached hydrogens (tertiary/aromatic N) is 3. The summed E-state index contributed by atoms with van der Waals surface area (Å²) in [6, 6.07) is 35.6. The Balaban J connectivity index is 1.68. The Kier molecular flexibility index (Phi) is 7.41. The highest BCUT2D eigenvalue weighted by molar-refractivity contribution is 5.95. The van der Waals surface area contributed by atoms with Gasteiger partial charge in [-0.05, 0) is 60.5 Å². The minimum Gasteiger partial charge on any atom is -0.462 e. The molecule has 0 fully saturated rings. The topological polar surface area (TPSA) is 86.7 Å². The molecule has 0 saturated carbocycles. The Morgan fingerprint density at radius 3 is 2.08 bits per heavy atom. The molecule has 0 aliphatic rings. The second-order valence-electron chi connectivity index (χ2n) is 8.70. The largest absolute Gasteiger partial charge is 0.462 e. The van der Waals surface area contributed by atoms with E-state index in [1.54, 1.807) is 37.4 Å². The number of carbonyl (C=O) groups excluding carboxylic acids is 1. The number of carbonyl (C=O) groups is 1. The van der Waals surface area contributed by atoms with Crippen LogP contribution in [0.4, 0.5) is 11.4 Å². The molecule has 0 saturated heterocycles. The Morgan fingerprint density at radius 1 is 0.872 bits per heavy atom. The smallest absolute Gasteiger partial charge is 0.338 e. The highest BCUT2D eigenvalue weighted by atomic mass is 16.6. The van der Waals surface area contributed by atoms with E-state index in [4.69, 9.17) is 4.74 Å². The van der Waals surface area contributed by atoms with Crippen LogP contribution in [-0.4, -0.2) is 28.3 Å². The van der Waals surface area contributed by atoms with Gasteiger partial charge < -0.3 is 9.30 Å². The van der Waals surface area contributed by atoms with Gasteiger partial charge in [0.1, 0.15) is 0 Å². The zero-order chi connectivity index (χ0) is 27.2. The van der Waals surface area contributed by atoms with Gasteiger partial charge in [0.2, 0.25) is 0 Å². The van der Waals surface area contributed by atoms with E-state index in [2.05, 4.69) is 15.6 Å². The number of esters is 1. The fourth-order valence-electron chi connectivity index (χ4n) is 4.37. The van der Waals surface area contributed by atoms with Crippen molar-refractivity contribution in [3.8, 4) is 28.2 Å². The third kappa shape index (κ3) is 5.52. The average molecular weight is 516 g/mol. The molecule has 5 rings (SSSR count). The van der Waals surface area contributed by atoms with Crippen molar-refractivity contribution < 1.29 is 14.5 Å². The summed E-state index contributed by atoms with van der Waals surface area (Å²) >= 11 is 0. The van der Waals surface area contributed by atoms with Gasteiger partial charge in [0, 0.05) is 29.6 Å². The number of aromatic nitrogens is 1. The third-order valence-corrected chi connectivity index (χ3v) is 6.20. The van der Waals surface area contributed by atoms with Crippen molar-refractivity contribution in [3.05, 3.63) is 137 Å². The van der Waals surface area contributed by atoms with Crippen molar-refractivity contribution in [2.45, 2.75) is 6.92 Å². The fourth-order valence-corrected chi connectivity index (χ4v) is 4.37. The molecule has 1 aromatic heterocycles. The minimum absolute atomic E-state index is 0.0164. The van der Waals surface area contributed by atoms with Crippen LogP contribution in [0.1, 0.15) is 22.8 Å². The summed E-state index contributed by atoms with van der Waals surface area (Å²) in [5.41, 5.74) is 6.71. The van der Waals surface area contributed by atoms with Crippen molar-refractivity contribution in [2.75, 3.05) is 6.61 Å². The van der Waals surface area contributed by atoms with Crippen LogP contribution in [0.2, 0.25) is 0 Å². The molecule has 4 aromatic carbocycles. The number of benzene rings is 4. The van der Waals surface area contributed by atoms with Crippen molar-refractivity contribution in [1.29, 1.82) is 0 Å². The van der Waals surface area contributed by atoms with Gasteiger partial charge in [0.05, 0.1) is 34.2 Å². The molecule has 0 bridgehead atoms. The third-order valence-electron chi connectivity index (χ3n) is 6.20. The Bertz CT molecular complexity index is 1620.